The maximum Gasteiger partial charge on any atom is 0.416 e. The van der Waals surface area contributed by atoms with Crippen molar-refractivity contribution in [3.8, 4) is 23.5 Å². The molecule has 0 spiro atoms. The Morgan fingerprint density at radius 1 is 0.835 bits per heavy atom. The molecule has 4 heterocycles. The third-order valence-corrected chi connectivity index (χ3v) is 13.6. The number of ether oxygens (including phenoxy) is 3. The highest BCUT2D eigenvalue weighted by Crippen LogP contribution is 2.39. The highest BCUT2D eigenvalue weighted by atomic mass is 35.5. The molecule has 0 aliphatic rings. The summed E-state index contributed by atoms with van der Waals surface area (Å²) < 4.78 is 154. The Bertz CT molecular complexity index is 3770. The van der Waals surface area contributed by atoms with Crippen LogP contribution in [0.2, 0.25) is 10.0 Å². The Hall–Kier alpha value is -8.51. The summed E-state index contributed by atoms with van der Waals surface area (Å²) in [6.07, 6.45) is -2.92. The van der Waals surface area contributed by atoms with Crippen LogP contribution in [0.15, 0.2) is 76.9 Å². The third kappa shape index (κ3) is 27.2. The molecule has 0 aliphatic carbocycles. The zero-order valence-electron chi connectivity index (χ0n) is 48.4. The zero-order valence-corrected chi connectivity index (χ0v) is 53.3. The molecule has 45 heteroatoms. The van der Waals surface area contributed by atoms with Crippen LogP contribution in [-0.4, -0.2) is 173 Å². The minimum atomic E-state index is -4.63. The molecule has 6 rings (SSSR count). The predicted molar refractivity (Wildman–Crippen MR) is 313 cm³/mol. The number of aryl methyl sites for hydroxylation is 2. The summed E-state index contributed by atoms with van der Waals surface area (Å²) in [4.78, 5) is 97.5. The SMILES string of the molecule is COc1cc(OC)nc(NC(=O)NS(=O)(=O)c2ncccc2C(=O)N(C)C)n1.COc1nc(C)nc(NC(=O)NS(=O)(=O)c2ccccc2CCC(F)(F)F)n1.C[S+](C)C.Nc1c([N+](=O)[O-])cnn1-c1c(Cl)cc(C(F)(F)F)cc1Cl.O=C(O)CNCP(=O)([O-])O. The number of carboxylic acids is 1. The molecule has 9 N–H and O–H groups in total. The molecular formula is C46H55Cl2F6N16O17PS3. The number of rotatable bonds is 18. The van der Waals surface area contributed by atoms with E-state index in [9.17, 15) is 81.9 Å². The molecule has 4 aromatic heterocycles. The Balaban J connectivity index is 0.000000423. The molecule has 2 aromatic carbocycles. The van der Waals surface area contributed by atoms with Gasteiger partial charge in [-0.15, -0.1) is 0 Å². The van der Waals surface area contributed by atoms with Crippen molar-refractivity contribution < 1.29 is 101 Å². The maximum atomic E-state index is 12.6. The summed E-state index contributed by atoms with van der Waals surface area (Å²) in [5.74, 6) is -2.28. The molecule has 0 fully saturated rings. The van der Waals surface area contributed by atoms with E-state index in [1.165, 1.54) is 89.8 Å². The van der Waals surface area contributed by atoms with Crippen molar-refractivity contribution in [1.29, 1.82) is 0 Å². The van der Waals surface area contributed by atoms with E-state index in [4.69, 9.17) is 53.1 Å². The van der Waals surface area contributed by atoms with Crippen LogP contribution in [-0.2, 0) is 52.9 Å². The number of urea groups is 2. The number of hydrogen-bond acceptors (Lipinski definition) is 24. The van der Waals surface area contributed by atoms with Gasteiger partial charge in [0.2, 0.25) is 29.5 Å². The number of aromatic nitrogens is 8. The van der Waals surface area contributed by atoms with Gasteiger partial charge in [0.25, 0.3) is 26.0 Å². The van der Waals surface area contributed by atoms with E-state index in [0.29, 0.717) is 23.0 Å². The first-order valence-electron chi connectivity index (χ1n) is 24.2. The molecule has 91 heavy (non-hydrogen) atoms. The number of nitrogens with one attached hydrogen (secondary N) is 5. The van der Waals surface area contributed by atoms with Crippen molar-refractivity contribution >= 4 is 109 Å². The smallest absolute Gasteiger partial charge is 0.416 e. The van der Waals surface area contributed by atoms with E-state index >= 15 is 0 Å². The molecule has 0 aliphatic heterocycles. The number of nitro groups is 1. The first-order valence-corrected chi connectivity index (χ1v) is 32.1. The van der Waals surface area contributed by atoms with E-state index < -0.39 is 122 Å². The maximum absolute atomic E-state index is 12.6. The lowest BCUT2D eigenvalue weighted by Gasteiger charge is -2.14. The second-order valence-electron chi connectivity index (χ2n) is 17.6. The summed E-state index contributed by atoms with van der Waals surface area (Å²) in [5, 5.41) is 27.2. The molecule has 6 aromatic rings. The zero-order chi connectivity index (χ0) is 69.6. The average Bonchev–Trinajstić information content (AvgIpc) is 1.79. The lowest BCUT2D eigenvalue weighted by Crippen LogP contribution is -2.36. The summed E-state index contributed by atoms with van der Waals surface area (Å²) in [7, 11) is -5.70. The largest absolute Gasteiger partial charge is 0.778 e. The molecule has 1 unspecified atom stereocenters. The molecule has 500 valence electrons. The number of alkyl halides is 6. The number of aliphatic carboxylic acids is 1. The molecule has 0 saturated carbocycles. The number of halogens is 8. The third-order valence-electron chi connectivity index (χ3n) is 9.64. The average molecular weight is 1420 g/mol. The van der Waals surface area contributed by atoms with Gasteiger partial charge in [0.05, 0.1) is 90.0 Å². The molecule has 0 radical (unpaired) electrons. The number of sulfonamides is 2. The summed E-state index contributed by atoms with van der Waals surface area (Å²) >= 11 is 11.5. The standard InChI is InChI=1S/C15H16F3N5O4S.C15H18N6O6S.C10H5Cl2F3N4O2.C3H8NO5P.C3H9S/c1-9-19-12(22-14(20-9)27-2)21-13(24)23-28(25,26)11-6-4-3-5-10(11)7-8-15(16,17)18;1-21(2)13(22)9-6-5-7-16-12(9)28(24,25)20-15(23)19-14-17-10(26-3)8-11(18-14)27-4;11-5-1-4(10(13,14)15)2-6(12)8(5)18-9(16)7(3-17-18)19(20)21;5-3(6)1-4-2-10(7,8)9;1-4(2)3/h3-6H,7-8H2,1-2H3,(H2,19,20,21,22,23,24);5-8H,1-4H3,(H2,17,18,19,20,23);1-3H,16H2;4H,1-2H2,(H,5,6)(H2,7,8,9);1-3H3/q;;;;+1/p-1. The number of hydrogen-bond donors (Lipinski definition) is 8. The van der Waals surface area contributed by atoms with Crippen molar-refractivity contribution in [2.45, 2.75) is 42.0 Å². The quantitative estimate of drug-likeness (QED) is 0.0191. The number of anilines is 3. The van der Waals surface area contributed by atoms with E-state index in [1.54, 1.807) is 9.44 Å². The number of benzene rings is 2. The number of carbonyl (C=O) groups is 4. The highest BCUT2D eigenvalue weighted by molar-refractivity contribution is 7.94. The van der Waals surface area contributed by atoms with Gasteiger partial charge in [0.15, 0.2) is 5.03 Å². The summed E-state index contributed by atoms with van der Waals surface area (Å²) in [6.45, 7) is 1.02. The van der Waals surface area contributed by atoms with Crippen LogP contribution < -0.4 is 50.2 Å². The Labute approximate surface area is 525 Å². The van der Waals surface area contributed by atoms with Gasteiger partial charge in [-0.25, -0.2) is 37.1 Å². The molecule has 5 amide bonds. The lowest BCUT2D eigenvalue weighted by molar-refractivity contribution is -0.383. The van der Waals surface area contributed by atoms with Gasteiger partial charge in [-0.3, -0.25) is 35.7 Å². The fourth-order valence-electron chi connectivity index (χ4n) is 6.04. The van der Waals surface area contributed by atoms with E-state index in [-0.39, 0.29) is 62.4 Å². The van der Waals surface area contributed by atoms with Gasteiger partial charge < -0.3 is 44.3 Å². The first-order chi connectivity index (χ1) is 41.9. The van der Waals surface area contributed by atoms with Crippen molar-refractivity contribution in [2.75, 3.05) is 83.4 Å². The Morgan fingerprint density at radius 3 is 1.82 bits per heavy atom. The van der Waals surface area contributed by atoms with Gasteiger partial charge >= 0.3 is 42.1 Å². The highest BCUT2D eigenvalue weighted by Gasteiger charge is 2.34. The predicted octanol–water partition coefficient (Wildman–Crippen LogP) is 4.64. The molecule has 0 bridgehead atoms. The second kappa shape index (κ2) is 34.6. The van der Waals surface area contributed by atoms with Gasteiger partial charge in [0.1, 0.15) is 25.3 Å². The van der Waals surface area contributed by atoms with E-state index in [0.717, 1.165) is 16.9 Å². The topological polar surface area (TPSA) is 473 Å². The number of carboxylic acid groups (broad SMARTS) is 1. The van der Waals surface area contributed by atoms with Crippen molar-refractivity contribution in [3.63, 3.8) is 0 Å². The first kappa shape index (κ1) is 78.6. The van der Waals surface area contributed by atoms with Crippen molar-refractivity contribution in [1.82, 2.24) is 59.3 Å². The van der Waals surface area contributed by atoms with E-state index in [1.807, 2.05) is 5.32 Å². The number of nitrogens with zero attached hydrogens (tertiary/aromatic N) is 10. The van der Waals surface area contributed by atoms with E-state index in [2.05, 4.69) is 64.4 Å². The van der Waals surface area contributed by atoms with Crippen LogP contribution in [0.3, 0.4) is 0 Å². The second-order valence-corrected chi connectivity index (χ2v) is 25.7. The number of amides is 5. The minimum absolute atomic E-state index is 0.0715. The van der Waals surface area contributed by atoms with Gasteiger partial charge in [0, 0.05) is 26.7 Å². The fourth-order valence-corrected chi connectivity index (χ4v) is 9.29. The van der Waals surface area contributed by atoms with Gasteiger partial charge in [-0.1, -0.05) is 41.4 Å². The normalized spacial score (nSPS) is 11.8. The number of pyridine rings is 1. The molecule has 1 atom stereocenters. The monoisotopic (exact) mass is 1410 g/mol. The fraction of sp³-hybridized carbons (Fsp3) is 0.326. The number of carbonyl (C=O) groups excluding carboxylic acids is 3. The van der Waals surface area contributed by atoms with Crippen LogP contribution in [0.1, 0.15) is 33.7 Å². The number of nitrogens with two attached hydrogens (primary N) is 1. The van der Waals surface area contributed by atoms with Crippen molar-refractivity contribution in [3.05, 3.63) is 110 Å². The number of methoxy groups -OCH3 is 3. The Morgan fingerprint density at radius 2 is 1.36 bits per heavy atom. The molecule has 0 saturated heterocycles. The molecular weight excluding hydrogens is 1360 g/mol. The van der Waals surface area contributed by atoms with Crippen LogP contribution in [0, 0.1) is 17.0 Å². The molecule has 33 nitrogen and oxygen atoms in total. The lowest BCUT2D eigenvalue weighted by atomic mass is 10.1. The minimum Gasteiger partial charge on any atom is -0.778 e. The van der Waals surface area contributed by atoms with Crippen LogP contribution in [0.4, 0.5) is 59.3 Å². The van der Waals surface area contributed by atoms with Gasteiger partial charge in [-0.05, 0) is 60.1 Å². The van der Waals surface area contributed by atoms with Crippen LogP contribution in [0.25, 0.3) is 5.69 Å². The summed E-state index contributed by atoms with van der Waals surface area (Å²) in [6, 6.07) is 7.98. The van der Waals surface area contributed by atoms with Gasteiger partial charge in [-0.2, -0.15) is 64.8 Å². The van der Waals surface area contributed by atoms with Crippen LogP contribution >= 0.6 is 30.8 Å². The summed E-state index contributed by atoms with van der Waals surface area (Å²) in [5.41, 5.74) is 3.52. The number of nitrogen functional groups attached to an aromatic ring is 1. The Kier molecular flexibility index (Phi) is 29.9. The van der Waals surface area contributed by atoms with Crippen molar-refractivity contribution in [2.24, 2.45) is 0 Å². The van der Waals surface area contributed by atoms with Crippen LogP contribution in [0.5, 0.6) is 17.8 Å².